The largest absolute Gasteiger partial charge is 0.464 e. The Labute approximate surface area is 117 Å². The van der Waals surface area contributed by atoms with E-state index in [9.17, 15) is 9.59 Å². The van der Waals surface area contributed by atoms with Crippen molar-refractivity contribution in [2.45, 2.75) is 25.8 Å². The SMILES string of the molecule is CCOC(=O)C1CCCN1C(=O)c1ccc(Cl)cc1. The maximum absolute atomic E-state index is 12.4. The van der Waals surface area contributed by atoms with Crippen molar-refractivity contribution in [3.8, 4) is 0 Å². The fourth-order valence-electron chi connectivity index (χ4n) is 2.25. The molecule has 0 spiro atoms. The molecule has 1 heterocycles. The van der Waals surface area contributed by atoms with E-state index in [4.69, 9.17) is 16.3 Å². The van der Waals surface area contributed by atoms with Crippen LogP contribution in [-0.4, -0.2) is 36.0 Å². The summed E-state index contributed by atoms with van der Waals surface area (Å²) in [5, 5.41) is 0.583. The second kappa shape index (κ2) is 6.06. The van der Waals surface area contributed by atoms with Crippen molar-refractivity contribution >= 4 is 23.5 Å². The Morgan fingerprint density at radius 3 is 2.68 bits per heavy atom. The maximum atomic E-state index is 12.4. The third-order valence-electron chi connectivity index (χ3n) is 3.16. The summed E-state index contributed by atoms with van der Waals surface area (Å²) in [5.41, 5.74) is 0.542. The van der Waals surface area contributed by atoms with Gasteiger partial charge < -0.3 is 9.64 Å². The summed E-state index contributed by atoms with van der Waals surface area (Å²) in [6.45, 7) is 2.68. The number of carbonyl (C=O) groups is 2. The van der Waals surface area contributed by atoms with Crippen LogP contribution in [0.3, 0.4) is 0 Å². The van der Waals surface area contributed by atoms with Gasteiger partial charge in [0.25, 0.3) is 5.91 Å². The molecule has 1 saturated heterocycles. The highest BCUT2D eigenvalue weighted by Gasteiger charge is 2.35. The molecule has 0 radical (unpaired) electrons. The number of halogens is 1. The monoisotopic (exact) mass is 281 g/mol. The van der Waals surface area contributed by atoms with Crippen LogP contribution in [0.4, 0.5) is 0 Å². The number of esters is 1. The quantitative estimate of drug-likeness (QED) is 0.800. The van der Waals surface area contributed by atoms with Crippen molar-refractivity contribution in [3.05, 3.63) is 34.9 Å². The average Bonchev–Trinajstić information content (AvgIpc) is 2.88. The van der Waals surface area contributed by atoms with Gasteiger partial charge in [-0.25, -0.2) is 4.79 Å². The van der Waals surface area contributed by atoms with E-state index in [2.05, 4.69) is 0 Å². The fraction of sp³-hybridized carbons (Fsp3) is 0.429. The maximum Gasteiger partial charge on any atom is 0.328 e. The minimum absolute atomic E-state index is 0.146. The first-order chi connectivity index (χ1) is 9.13. The molecule has 0 bridgehead atoms. The second-order valence-corrected chi connectivity index (χ2v) is 4.85. The van der Waals surface area contributed by atoms with Crippen LogP contribution in [0.1, 0.15) is 30.1 Å². The molecule has 0 aliphatic carbocycles. The van der Waals surface area contributed by atoms with E-state index < -0.39 is 6.04 Å². The number of hydrogen-bond acceptors (Lipinski definition) is 3. The summed E-state index contributed by atoms with van der Waals surface area (Å²) in [6, 6.07) is 6.23. The van der Waals surface area contributed by atoms with E-state index >= 15 is 0 Å². The highest BCUT2D eigenvalue weighted by molar-refractivity contribution is 6.30. The second-order valence-electron chi connectivity index (χ2n) is 4.42. The normalized spacial score (nSPS) is 18.4. The van der Waals surface area contributed by atoms with Gasteiger partial charge in [0.2, 0.25) is 0 Å². The molecule has 1 amide bonds. The molecule has 1 aromatic carbocycles. The van der Waals surface area contributed by atoms with E-state index in [1.807, 2.05) is 0 Å². The molecule has 1 unspecified atom stereocenters. The number of hydrogen-bond donors (Lipinski definition) is 0. The van der Waals surface area contributed by atoms with Crippen LogP contribution in [0.15, 0.2) is 24.3 Å². The predicted molar refractivity (Wildman–Crippen MR) is 72.1 cm³/mol. The standard InChI is InChI=1S/C14H16ClNO3/c1-2-19-14(18)12-4-3-9-16(12)13(17)10-5-7-11(15)8-6-10/h5-8,12H,2-4,9H2,1H3. The first-order valence-corrected chi connectivity index (χ1v) is 6.74. The minimum Gasteiger partial charge on any atom is -0.464 e. The molecule has 4 nitrogen and oxygen atoms in total. The molecule has 0 N–H and O–H groups in total. The summed E-state index contributed by atoms with van der Waals surface area (Å²) in [6.07, 6.45) is 1.49. The average molecular weight is 282 g/mol. The Bertz CT molecular complexity index is 472. The van der Waals surface area contributed by atoms with Crippen LogP contribution in [-0.2, 0) is 9.53 Å². The molecular formula is C14H16ClNO3. The highest BCUT2D eigenvalue weighted by atomic mass is 35.5. The Morgan fingerprint density at radius 2 is 2.05 bits per heavy atom. The molecule has 102 valence electrons. The molecule has 5 heteroatoms. The molecule has 1 fully saturated rings. The topological polar surface area (TPSA) is 46.6 Å². The fourth-order valence-corrected chi connectivity index (χ4v) is 2.38. The Morgan fingerprint density at radius 1 is 1.37 bits per heavy atom. The molecule has 19 heavy (non-hydrogen) atoms. The number of ether oxygens (including phenoxy) is 1. The van der Waals surface area contributed by atoms with Crippen molar-refractivity contribution in [1.29, 1.82) is 0 Å². The minimum atomic E-state index is -0.455. The molecule has 2 rings (SSSR count). The molecule has 1 aliphatic rings. The van der Waals surface area contributed by atoms with E-state index in [-0.39, 0.29) is 11.9 Å². The van der Waals surface area contributed by atoms with Gasteiger partial charge in [-0.15, -0.1) is 0 Å². The van der Waals surface area contributed by atoms with Gasteiger partial charge in [0.05, 0.1) is 6.61 Å². The van der Waals surface area contributed by atoms with Crippen molar-refractivity contribution < 1.29 is 14.3 Å². The predicted octanol–water partition coefficient (Wildman–Crippen LogP) is 2.51. The Balaban J connectivity index is 2.13. The third-order valence-corrected chi connectivity index (χ3v) is 3.42. The van der Waals surface area contributed by atoms with Gasteiger partial charge in [-0.05, 0) is 44.0 Å². The lowest BCUT2D eigenvalue weighted by Crippen LogP contribution is -2.41. The summed E-state index contributed by atoms with van der Waals surface area (Å²) in [5.74, 6) is -0.463. The van der Waals surface area contributed by atoms with E-state index in [0.29, 0.717) is 30.2 Å². The lowest BCUT2D eigenvalue weighted by molar-refractivity contribution is -0.147. The van der Waals surface area contributed by atoms with Crippen molar-refractivity contribution in [2.75, 3.05) is 13.2 Å². The van der Waals surface area contributed by atoms with Gasteiger partial charge in [-0.1, -0.05) is 11.6 Å². The van der Waals surface area contributed by atoms with Gasteiger partial charge in [-0.2, -0.15) is 0 Å². The van der Waals surface area contributed by atoms with Crippen LogP contribution in [0.2, 0.25) is 5.02 Å². The number of nitrogens with zero attached hydrogens (tertiary/aromatic N) is 1. The van der Waals surface area contributed by atoms with Gasteiger partial charge in [0, 0.05) is 17.1 Å². The number of carbonyl (C=O) groups excluding carboxylic acids is 2. The molecular weight excluding hydrogens is 266 g/mol. The van der Waals surface area contributed by atoms with E-state index in [1.54, 1.807) is 36.1 Å². The van der Waals surface area contributed by atoms with Crippen molar-refractivity contribution in [3.63, 3.8) is 0 Å². The molecule has 1 atom stereocenters. The Hall–Kier alpha value is -1.55. The molecule has 1 aliphatic heterocycles. The first kappa shape index (κ1) is 13.9. The zero-order valence-corrected chi connectivity index (χ0v) is 11.5. The summed E-state index contributed by atoms with van der Waals surface area (Å²) in [7, 11) is 0. The molecule has 1 aromatic rings. The first-order valence-electron chi connectivity index (χ1n) is 6.36. The summed E-state index contributed by atoms with van der Waals surface area (Å²) in [4.78, 5) is 25.7. The molecule has 0 saturated carbocycles. The zero-order chi connectivity index (χ0) is 13.8. The number of likely N-dealkylation sites (tertiary alicyclic amines) is 1. The van der Waals surface area contributed by atoms with E-state index in [0.717, 1.165) is 6.42 Å². The zero-order valence-electron chi connectivity index (χ0n) is 10.8. The van der Waals surface area contributed by atoms with Crippen LogP contribution in [0.5, 0.6) is 0 Å². The van der Waals surface area contributed by atoms with Crippen molar-refractivity contribution in [2.24, 2.45) is 0 Å². The lowest BCUT2D eigenvalue weighted by Gasteiger charge is -2.23. The smallest absolute Gasteiger partial charge is 0.328 e. The lowest BCUT2D eigenvalue weighted by atomic mass is 10.1. The highest BCUT2D eigenvalue weighted by Crippen LogP contribution is 2.22. The molecule has 0 aromatic heterocycles. The van der Waals surface area contributed by atoms with Crippen LogP contribution >= 0.6 is 11.6 Å². The third kappa shape index (κ3) is 3.07. The van der Waals surface area contributed by atoms with Crippen LogP contribution in [0.25, 0.3) is 0 Å². The van der Waals surface area contributed by atoms with Crippen LogP contribution in [0, 0.1) is 0 Å². The number of amides is 1. The summed E-state index contributed by atoms with van der Waals surface area (Å²) >= 11 is 5.80. The summed E-state index contributed by atoms with van der Waals surface area (Å²) < 4.78 is 5.01. The van der Waals surface area contributed by atoms with Gasteiger partial charge in [0.15, 0.2) is 0 Å². The Kier molecular flexibility index (Phi) is 4.43. The van der Waals surface area contributed by atoms with Crippen molar-refractivity contribution in [1.82, 2.24) is 4.90 Å². The van der Waals surface area contributed by atoms with E-state index in [1.165, 1.54) is 0 Å². The van der Waals surface area contributed by atoms with Crippen LogP contribution < -0.4 is 0 Å². The van der Waals surface area contributed by atoms with Gasteiger partial charge in [0.1, 0.15) is 6.04 Å². The number of rotatable bonds is 3. The number of benzene rings is 1. The van der Waals surface area contributed by atoms with Gasteiger partial charge >= 0.3 is 5.97 Å². The van der Waals surface area contributed by atoms with Gasteiger partial charge in [-0.3, -0.25) is 4.79 Å².